The van der Waals surface area contributed by atoms with Crippen LogP contribution in [-0.4, -0.2) is 21.9 Å². The summed E-state index contributed by atoms with van der Waals surface area (Å²) in [6, 6.07) is 7.72. The van der Waals surface area contributed by atoms with E-state index >= 15 is 0 Å². The molecule has 1 unspecified atom stereocenters. The molecule has 0 saturated carbocycles. The molecular weight excluding hydrogens is 236 g/mol. The molecule has 1 rings (SSSR count). The Balaban J connectivity index is 2.85. The summed E-state index contributed by atoms with van der Waals surface area (Å²) >= 11 is 1.18. The number of hydrogen-bond acceptors (Lipinski definition) is 3. The first-order valence-corrected chi connectivity index (χ1v) is 6.40. The Morgan fingerprint density at radius 3 is 2.53 bits per heavy atom. The van der Waals surface area contributed by atoms with Crippen LogP contribution >= 0.6 is 11.8 Å². The SMILES string of the molecule is CC(=O)SCC(CC(=O)O)c1ccccc1C. The van der Waals surface area contributed by atoms with E-state index in [-0.39, 0.29) is 17.5 Å². The Morgan fingerprint density at radius 1 is 1.35 bits per heavy atom. The number of benzene rings is 1. The molecular formula is C13H16O3S. The zero-order valence-electron chi connectivity index (χ0n) is 9.97. The average molecular weight is 252 g/mol. The predicted octanol–water partition coefficient (Wildman–Crippen LogP) is 2.83. The minimum absolute atomic E-state index is 0.0222. The third kappa shape index (κ3) is 4.61. The lowest BCUT2D eigenvalue weighted by atomic mass is 9.94. The largest absolute Gasteiger partial charge is 0.481 e. The molecule has 0 radical (unpaired) electrons. The van der Waals surface area contributed by atoms with Crippen molar-refractivity contribution in [1.29, 1.82) is 0 Å². The van der Waals surface area contributed by atoms with Crippen molar-refractivity contribution in [1.82, 2.24) is 0 Å². The molecule has 0 heterocycles. The fourth-order valence-corrected chi connectivity index (χ4v) is 2.47. The highest BCUT2D eigenvalue weighted by atomic mass is 32.2. The van der Waals surface area contributed by atoms with Crippen molar-refractivity contribution >= 4 is 22.8 Å². The van der Waals surface area contributed by atoms with Gasteiger partial charge in [0, 0.05) is 18.6 Å². The summed E-state index contributed by atoms with van der Waals surface area (Å²) in [4.78, 5) is 21.8. The highest BCUT2D eigenvalue weighted by Gasteiger charge is 2.18. The van der Waals surface area contributed by atoms with Gasteiger partial charge in [-0.3, -0.25) is 9.59 Å². The molecule has 0 amide bonds. The smallest absolute Gasteiger partial charge is 0.303 e. The Morgan fingerprint density at radius 2 is 2.00 bits per heavy atom. The number of rotatable bonds is 5. The van der Waals surface area contributed by atoms with E-state index in [0.717, 1.165) is 11.1 Å². The van der Waals surface area contributed by atoms with E-state index in [1.54, 1.807) is 0 Å². The van der Waals surface area contributed by atoms with E-state index < -0.39 is 5.97 Å². The van der Waals surface area contributed by atoms with Crippen molar-refractivity contribution in [2.75, 3.05) is 5.75 Å². The fourth-order valence-electron chi connectivity index (χ4n) is 1.73. The molecule has 0 bridgehead atoms. The van der Waals surface area contributed by atoms with Gasteiger partial charge >= 0.3 is 5.97 Å². The topological polar surface area (TPSA) is 54.4 Å². The second kappa shape index (κ2) is 6.45. The maximum atomic E-state index is 11.0. The molecule has 4 heteroatoms. The molecule has 1 aromatic carbocycles. The molecule has 0 aliphatic rings. The zero-order chi connectivity index (χ0) is 12.8. The molecule has 1 aromatic rings. The van der Waals surface area contributed by atoms with Gasteiger partial charge in [0.05, 0.1) is 6.42 Å². The van der Waals surface area contributed by atoms with Crippen LogP contribution in [0.15, 0.2) is 24.3 Å². The van der Waals surface area contributed by atoms with Gasteiger partial charge in [0.25, 0.3) is 0 Å². The number of carbonyl (C=O) groups is 2. The van der Waals surface area contributed by atoms with Crippen LogP contribution in [0.2, 0.25) is 0 Å². The van der Waals surface area contributed by atoms with E-state index in [0.29, 0.717) is 5.75 Å². The van der Waals surface area contributed by atoms with Gasteiger partial charge in [0.15, 0.2) is 5.12 Å². The summed E-state index contributed by atoms with van der Waals surface area (Å²) in [5.41, 5.74) is 2.09. The molecule has 1 N–H and O–H groups in total. The predicted molar refractivity (Wildman–Crippen MR) is 69.3 cm³/mol. The van der Waals surface area contributed by atoms with E-state index in [4.69, 9.17) is 5.11 Å². The average Bonchev–Trinajstić information content (AvgIpc) is 2.24. The third-order valence-electron chi connectivity index (χ3n) is 2.54. The molecule has 1 atom stereocenters. The van der Waals surface area contributed by atoms with E-state index in [2.05, 4.69) is 0 Å². The van der Waals surface area contributed by atoms with Crippen molar-refractivity contribution in [3.05, 3.63) is 35.4 Å². The number of aliphatic carboxylic acids is 1. The van der Waals surface area contributed by atoms with Crippen LogP contribution in [0, 0.1) is 6.92 Å². The molecule has 92 valence electrons. The van der Waals surface area contributed by atoms with Crippen LogP contribution < -0.4 is 0 Å². The standard InChI is InChI=1S/C13H16O3S/c1-9-5-3-4-6-12(9)11(7-13(15)16)8-17-10(2)14/h3-6,11H,7-8H2,1-2H3,(H,15,16). The Bertz CT molecular complexity index is 415. The third-order valence-corrected chi connectivity index (χ3v) is 3.51. The minimum Gasteiger partial charge on any atom is -0.481 e. The van der Waals surface area contributed by atoms with Gasteiger partial charge in [-0.1, -0.05) is 36.0 Å². The second-order valence-corrected chi connectivity index (χ2v) is 5.15. The summed E-state index contributed by atoms with van der Waals surface area (Å²) in [6.45, 7) is 3.46. The Kier molecular flexibility index (Phi) is 5.22. The summed E-state index contributed by atoms with van der Waals surface area (Å²) in [5.74, 6) is -0.419. The van der Waals surface area contributed by atoms with Crippen molar-refractivity contribution < 1.29 is 14.7 Å². The van der Waals surface area contributed by atoms with Crippen molar-refractivity contribution in [3.63, 3.8) is 0 Å². The molecule has 0 aliphatic carbocycles. The van der Waals surface area contributed by atoms with Gasteiger partial charge in [-0.15, -0.1) is 0 Å². The summed E-state index contributed by atoms with van der Waals surface area (Å²) < 4.78 is 0. The Labute approximate surface area is 105 Å². The summed E-state index contributed by atoms with van der Waals surface area (Å²) in [5, 5.41) is 8.93. The molecule has 0 spiro atoms. The first kappa shape index (κ1) is 13.8. The second-order valence-electron chi connectivity index (χ2n) is 3.95. The van der Waals surface area contributed by atoms with Gasteiger partial charge in [-0.05, 0) is 18.1 Å². The maximum absolute atomic E-state index is 11.0. The molecule has 17 heavy (non-hydrogen) atoms. The molecule has 0 aliphatic heterocycles. The normalized spacial score (nSPS) is 12.1. The van der Waals surface area contributed by atoms with Crippen molar-refractivity contribution in [3.8, 4) is 0 Å². The van der Waals surface area contributed by atoms with Crippen LogP contribution in [0.1, 0.15) is 30.4 Å². The Hall–Kier alpha value is -1.29. The fraction of sp³-hybridized carbons (Fsp3) is 0.385. The molecule has 0 aromatic heterocycles. The van der Waals surface area contributed by atoms with Gasteiger partial charge < -0.3 is 5.11 Å². The number of carboxylic acids is 1. The van der Waals surface area contributed by atoms with Crippen LogP contribution in [0.5, 0.6) is 0 Å². The first-order valence-electron chi connectivity index (χ1n) is 5.41. The van der Waals surface area contributed by atoms with Gasteiger partial charge in [0.2, 0.25) is 0 Å². The lowest BCUT2D eigenvalue weighted by molar-refractivity contribution is -0.137. The number of carbonyl (C=O) groups excluding carboxylic acids is 1. The van der Waals surface area contributed by atoms with Crippen LogP contribution in [0.25, 0.3) is 0 Å². The van der Waals surface area contributed by atoms with Crippen molar-refractivity contribution in [2.24, 2.45) is 0 Å². The van der Waals surface area contributed by atoms with Gasteiger partial charge in [0.1, 0.15) is 0 Å². The highest BCUT2D eigenvalue weighted by Crippen LogP contribution is 2.27. The van der Waals surface area contributed by atoms with E-state index in [1.165, 1.54) is 18.7 Å². The number of thioether (sulfide) groups is 1. The highest BCUT2D eigenvalue weighted by molar-refractivity contribution is 8.13. The van der Waals surface area contributed by atoms with E-state index in [9.17, 15) is 9.59 Å². The number of hydrogen-bond donors (Lipinski definition) is 1. The minimum atomic E-state index is -0.831. The number of aryl methyl sites for hydroxylation is 1. The van der Waals surface area contributed by atoms with Gasteiger partial charge in [-0.25, -0.2) is 0 Å². The molecule has 0 fully saturated rings. The molecule has 3 nitrogen and oxygen atoms in total. The summed E-state index contributed by atoms with van der Waals surface area (Å²) in [6.07, 6.45) is 0.0606. The number of carboxylic acid groups (broad SMARTS) is 1. The van der Waals surface area contributed by atoms with Gasteiger partial charge in [-0.2, -0.15) is 0 Å². The molecule has 0 saturated heterocycles. The lowest BCUT2D eigenvalue weighted by Crippen LogP contribution is -2.11. The first-order chi connectivity index (χ1) is 8.00. The van der Waals surface area contributed by atoms with Crippen LogP contribution in [-0.2, 0) is 9.59 Å². The van der Waals surface area contributed by atoms with E-state index in [1.807, 2.05) is 31.2 Å². The lowest BCUT2D eigenvalue weighted by Gasteiger charge is -2.16. The maximum Gasteiger partial charge on any atom is 0.303 e. The zero-order valence-corrected chi connectivity index (χ0v) is 10.8. The van der Waals surface area contributed by atoms with Crippen LogP contribution in [0.3, 0.4) is 0 Å². The summed E-state index contributed by atoms with van der Waals surface area (Å²) in [7, 11) is 0. The quantitative estimate of drug-likeness (QED) is 0.875. The monoisotopic (exact) mass is 252 g/mol. The van der Waals surface area contributed by atoms with Crippen molar-refractivity contribution in [2.45, 2.75) is 26.2 Å². The van der Waals surface area contributed by atoms with Crippen LogP contribution in [0.4, 0.5) is 0 Å².